The molecule has 1 saturated carbocycles. The predicted molar refractivity (Wildman–Crippen MR) is 53.0 cm³/mol. The Bertz CT molecular complexity index is 310. The predicted octanol–water partition coefficient (Wildman–Crippen LogP) is 0.765. The number of hydrogen-bond donors (Lipinski definition) is 1. The maximum atomic E-state index is 4.18. The summed E-state index contributed by atoms with van der Waals surface area (Å²) in [6.07, 6.45) is 5.89. The first-order chi connectivity index (χ1) is 6.93. The molecule has 0 radical (unpaired) electrons. The van der Waals surface area contributed by atoms with E-state index >= 15 is 0 Å². The Balaban J connectivity index is 1.71. The van der Waals surface area contributed by atoms with Gasteiger partial charge in [0.2, 0.25) is 0 Å². The first-order valence-corrected chi connectivity index (χ1v) is 5.52. The fourth-order valence-electron chi connectivity index (χ4n) is 2.22. The minimum atomic E-state index is 0.759. The van der Waals surface area contributed by atoms with Crippen molar-refractivity contribution in [2.75, 3.05) is 13.1 Å². The van der Waals surface area contributed by atoms with Crippen LogP contribution in [0.4, 0.5) is 0 Å². The van der Waals surface area contributed by atoms with Gasteiger partial charge in [-0.3, -0.25) is 0 Å². The second-order valence-corrected chi connectivity index (χ2v) is 4.47. The van der Waals surface area contributed by atoms with Gasteiger partial charge in [0.05, 0.1) is 11.9 Å². The third-order valence-electron chi connectivity index (χ3n) is 3.24. The van der Waals surface area contributed by atoms with Crippen LogP contribution in [-0.2, 0) is 6.54 Å². The molecular weight excluding hydrogens is 176 g/mol. The van der Waals surface area contributed by atoms with Crippen molar-refractivity contribution in [1.29, 1.82) is 0 Å². The number of aromatic nitrogens is 3. The zero-order valence-corrected chi connectivity index (χ0v) is 8.32. The van der Waals surface area contributed by atoms with Crippen LogP contribution in [0, 0.1) is 5.92 Å². The molecule has 0 aromatic carbocycles. The van der Waals surface area contributed by atoms with Gasteiger partial charge in [-0.25, -0.2) is 4.68 Å². The minimum Gasteiger partial charge on any atom is -0.316 e. The molecule has 2 heterocycles. The van der Waals surface area contributed by atoms with E-state index in [-0.39, 0.29) is 0 Å². The molecule has 1 atom stereocenters. The third kappa shape index (κ3) is 1.54. The van der Waals surface area contributed by atoms with Crippen molar-refractivity contribution in [2.24, 2.45) is 5.92 Å². The summed E-state index contributed by atoms with van der Waals surface area (Å²) in [5, 5.41) is 11.6. The Hall–Kier alpha value is -0.900. The van der Waals surface area contributed by atoms with Crippen LogP contribution >= 0.6 is 0 Å². The van der Waals surface area contributed by atoms with Crippen molar-refractivity contribution >= 4 is 0 Å². The molecule has 1 aliphatic carbocycles. The summed E-state index contributed by atoms with van der Waals surface area (Å²) in [6, 6.07) is 0. The lowest BCUT2D eigenvalue weighted by Gasteiger charge is -2.09. The molecule has 3 rings (SSSR count). The number of rotatable bonds is 3. The molecule has 1 N–H and O–H groups in total. The Morgan fingerprint density at radius 3 is 3.07 bits per heavy atom. The second-order valence-electron chi connectivity index (χ2n) is 4.47. The monoisotopic (exact) mass is 192 g/mol. The van der Waals surface area contributed by atoms with Crippen LogP contribution in [0.15, 0.2) is 6.20 Å². The van der Waals surface area contributed by atoms with Crippen molar-refractivity contribution in [3.05, 3.63) is 11.9 Å². The molecule has 4 heteroatoms. The summed E-state index contributed by atoms with van der Waals surface area (Å²) in [7, 11) is 0. The highest BCUT2D eigenvalue weighted by Crippen LogP contribution is 2.39. The van der Waals surface area contributed by atoms with Crippen LogP contribution in [0.25, 0.3) is 0 Å². The number of hydrogen-bond acceptors (Lipinski definition) is 3. The highest BCUT2D eigenvalue weighted by molar-refractivity contribution is 5.10. The lowest BCUT2D eigenvalue weighted by atomic mass is 10.1. The van der Waals surface area contributed by atoms with Crippen molar-refractivity contribution in [1.82, 2.24) is 20.3 Å². The van der Waals surface area contributed by atoms with E-state index in [9.17, 15) is 0 Å². The maximum Gasteiger partial charge on any atom is 0.0728 e. The van der Waals surface area contributed by atoms with Gasteiger partial charge in [-0.05, 0) is 38.3 Å². The van der Waals surface area contributed by atoms with E-state index in [2.05, 4.69) is 20.3 Å². The molecule has 2 aliphatic rings. The summed E-state index contributed by atoms with van der Waals surface area (Å²) in [5.74, 6) is 1.52. The molecule has 0 spiro atoms. The Labute approximate surface area is 83.7 Å². The smallest absolute Gasteiger partial charge is 0.0728 e. The minimum absolute atomic E-state index is 0.759. The molecule has 2 fully saturated rings. The van der Waals surface area contributed by atoms with Crippen LogP contribution in [0.1, 0.15) is 30.9 Å². The van der Waals surface area contributed by atoms with Crippen LogP contribution < -0.4 is 5.32 Å². The average Bonchev–Trinajstić information content (AvgIpc) is 2.74. The lowest BCUT2D eigenvalue weighted by molar-refractivity contribution is 0.430. The molecule has 0 bridgehead atoms. The molecule has 0 amide bonds. The Morgan fingerprint density at radius 2 is 2.36 bits per heavy atom. The van der Waals surface area contributed by atoms with Crippen molar-refractivity contribution < 1.29 is 0 Å². The van der Waals surface area contributed by atoms with Crippen LogP contribution in [0.3, 0.4) is 0 Å². The highest BCUT2D eigenvalue weighted by atomic mass is 15.4. The molecule has 1 aliphatic heterocycles. The molecule has 14 heavy (non-hydrogen) atoms. The van der Waals surface area contributed by atoms with Crippen LogP contribution in [0.5, 0.6) is 0 Å². The molecule has 4 nitrogen and oxygen atoms in total. The third-order valence-corrected chi connectivity index (χ3v) is 3.24. The van der Waals surface area contributed by atoms with E-state index in [1.54, 1.807) is 0 Å². The number of nitrogens with zero attached hydrogens (tertiary/aromatic N) is 3. The van der Waals surface area contributed by atoms with E-state index in [4.69, 9.17) is 0 Å². The van der Waals surface area contributed by atoms with Gasteiger partial charge in [-0.15, -0.1) is 5.10 Å². The van der Waals surface area contributed by atoms with Crippen LogP contribution in [0.2, 0.25) is 0 Å². The molecule has 1 aromatic heterocycles. The van der Waals surface area contributed by atoms with Gasteiger partial charge in [0.1, 0.15) is 0 Å². The van der Waals surface area contributed by atoms with E-state index in [1.807, 2.05) is 6.20 Å². The number of nitrogens with one attached hydrogen (secondary N) is 1. The Kier molecular flexibility index (Phi) is 2.01. The van der Waals surface area contributed by atoms with Crippen LogP contribution in [-0.4, -0.2) is 28.1 Å². The first-order valence-electron chi connectivity index (χ1n) is 5.52. The van der Waals surface area contributed by atoms with Gasteiger partial charge in [0.25, 0.3) is 0 Å². The zero-order chi connectivity index (χ0) is 9.38. The van der Waals surface area contributed by atoms with Crippen molar-refractivity contribution in [3.63, 3.8) is 0 Å². The van der Waals surface area contributed by atoms with Gasteiger partial charge in [0.15, 0.2) is 0 Å². The zero-order valence-electron chi connectivity index (χ0n) is 8.32. The second kappa shape index (κ2) is 3.35. The van der Waals surface area contributed by atoms with Crippen molar-refractivity contribution in [2.45, 2.75) is 31.7 Å². The van der Waals surface area contributed by atoms with E-state index < -0.39 is 0 Å². The standard InChI is InChI=1S/C10H16N4/c1-2-9(1)10-6-12-13-14(10)7-8-3-4-11-5-8/h6,8-9,11H,1-5,7H2. The summed E-state index contributed by atoms with van der Waals surface area (Å²) in [4.78, 5) is 0. The SMILES string of the molecule is c1nnn(CC2CCNC2)c1C1CC1. The quantitative estimate of drug-likeness (QED) is 0.769. The lowest BCUT2D eigenvalue weighted by Crippen LogP contribution is -2.16. The Morgan fingerprint density at radius 1 is 1.43 bits per heavy atom. The van der Waals surface area contributed by atoms with Gasteiger partial charge in [-0.1, -0.05) is 5.21 Å². The van der Waals surface area contributed by atoms with E-state index in [0.717, 1.165) is 31.5 Å². The van der Waals surface area contributed by atoms with Gasteiger partial charge in [0, 0.05) is 12.5 Å². The van der Waals surface area contributed by atoms with E-state index in [1.165, 1.54) is 25.0 Å². The van der Waals surface area contributed by atoms with Gasteiger partial charge < -0.3 is 5.32 Å². The highest BCUT2D eigenvalue weighted by Gasteiger charge is 2.28. The average molecular weight is 192 g/mol. The van der Waals surface area contributed by atoms with Crippen molar-refractivity contribution in [3.8, 4) is 0 Å². The molecule has 1 unspecified atom stereocenters. The topological polar surface area (TPSA) is 42.7 Å². The van der Waals surface area contributed by atoms with E-state index in [0.29, 0.717) is 0 Å². The largest absolute Gasteiger partial charge is 0.316 e. The van der Waals surface area contributed by atoms with Gasteiger partial charge in [-0.2, -0.15) is 0 Å². The fourth-order valence-corrected chi connectivity index (χ4v) is 2.22. The summed E-state index contributed by atoms with van der Waals surface area (Å²) in [6.45, 7) is 3.36. The fraction of sp³-hybridized carbons (Fsp3) is 0.800. The first kappa shape index (κ1) is 8.41. The van der Waals surface area contributed by atoms with Gasteiger partial charge >= 0.3 is 0 Å². The molecule has 1 aromatic rings. The molecule has 76 valence electrons. The maximum absolute atomic E-state index is 4.18. The molecular formula is C10H16N4. The normalized spacial score (nSPS) is 27.0. The summed E-state index contributed by atoms with van der Waals surface area (Å²) in [5.41, 5.74) is 1.36. The summed E-state index contributed by atoms with van der Waals surface area (Å²) >= 11 is 0. The molecule has 1 saturated heterocycles. The summed E-state index contributed by atoms with van der Waals surface area (Å²) < 4.78 is 2.12.